The summed E-state index contributed by atoms with van der Waals surface area (Å²) < 4.78 is 0. The van der Waals surface area contributed by atoms with Crippen molar-refractivity contribution in [2.24, 2.45) is 11.5 Å². The van der Waals surface area contributed by atoms with Crippen molar-refractivity contribution in [3.05, 3.63) is 5.82 Å². The van der Waals surface area contributed by atoms with Gasteiger partial charge < -0.3 is 10.8 Å². The molecule has 0 amide bonds. The van der Waals surface area contributed by atoms with Crippen molar-refractivity contribution in [1.29, 1.82) is 0 Å². The van der Waals surface area contributed by atoms with Crippen molar-refractivity contribution in [1.82, 2.24) is 0 Å². The fourth-order valence-corrected chi connectivity index (χ4v) is 1.50. The molecule has 13 heteroatoms. The van der Waals surface area contributed by atoms with Crippen LogP contribution < -0.4 is 41.0 Å². The van der Waals surface area contributed by atoms with Gasteiger partial charge in [0.25, 0.3) is 0 Å². The molecule has 0 aromatic carbocycles. The number of hydrogen-bond donors (Lipinski definition) is 4. The molecule has 6 N–H and O–H groups in total. The molecule has 1 unspecified atom stereocenters. The van der Waals surface area contributed by atoms with Gasteiger partial charge in [-0.1, -0.05) is 0 Å². The number of carboxylic acids is 2. The molecule has 0 saturated carbocycles. The molecule has 3 atom stereocenters. The van der Waals surface area contributed by atoms with Gasteiger partial charge in [0.15, 0.2) is 0 Å². The van der Waals surface area contributed by atoms with Gasteiger partial charge in [-0.05, 0) is 0 Å². The summed E-state index contributed by atoms with van der Waals surface area (Å²) in [7, 11) is 0. The van der Waals surface area contributed by atoms with Gasteiger partial charge in [0, 0.05) is 14.3 Å². The Labute approximate surface area is 184 Å². The van der Waals surface area contributed by atoms with Gasteiger partial charge in [0.1, 0.15) is 6.04 Å². The van der Waals surface area contributed by atoms with E-state index in [1.807, 2.05) is 5.82 Å². The third-order valence-electron chi connectivity index (χ3n) is 1.15. The molecule has 0 aliphatic rings. The zero-order chi connectivity index (χ0) is 16.0. The average molecular weight is 563 g/mol. The molecule has 0 bridgehead atoms. The van der Waals surface area contributed by atoms with Gasteiger partial charge in [-0.2, -0.15) is 0 Å². The molecule has 0 rings (SSSR count). The molecule has 0 aliphatic heterocycles. The molecule has 0 aromatic heterocycles. The molecule has 0 fully saturated rings. The maximum atomic E-state index is 9.97. The Balaban J connectivity index is -0.0000000427. The number of aliphatic carboxylic acids is 2. The van der Waals surface area contributed by atoms with Gasteiger partial charge >= 0.3 is 126 Å². The van der Waals surface area contributed by atoms with Crippen molar-refractivity contribution in [3.63, 3.8) is 0 Å². The second-order valence-corrected chi connectivity index (χ2v) is 13.9. The first-order valence-corrected chi connectivity index (χ1v) is 15.5. The Kier molecular flexibility index (Phi) is 49.7. The van der Waals surface area contributed by atoms with Crippen molar-refractivity contribution in [2.45, 2.75) is 29.0 Å². The largest absolute Gasteiger partial charge is 1.00 e. The predicted octanol–water partition coefficient (Wildman–Crippen LogP) is -3.60. The standard InChI is InChI=1S/C4H9NO2Se.C3H6ClNO2.C2H5Se2.B.ClH.Na/c1-8-2-3(5)4(6)7;4-1-2(5)3(6)7;1-4(2)3;;;/h3H,2,5H2,1H3,(H,6,7);2H,1,5H2,(H,6,7);1H2,2H3;;1H;/q;;-1;;;+1/t3-;2-;;;;/m00..../s1. The van der Waals surface area contributed by atoms with E-state index in [9.17, 15) is 9.59 Å². The molecule has 0 aliphatic carbocycles. The zero-order valence-corrected chi connectivity index (χ0v) is 21.4. The van der Waals surface area contributed by atoms with Gasteiger partial charge in [-0.25, -0.2) is 0 Å². The van der Waals surface area contributed by atoms with Crippen molar-refractivity contribution >= 4 is 84.5 Å². The van der Waals surface area contributed by atoms with Crippen molar-refractivity contribution < 1.29 is 49.4 Å². The smallest absolute Gasteiger partial charge is 1.00 e. The summed E-state index contributed by atoms with van der Waals surface area (Å²) in [6, 6.07) is -1.55. The van der Waals surface area contributed by atoms with Crippen LogP contribution in [0.25, 0.3) is 0 Å². The Morgan fingerprint density at radius 1 is 1.32 bits per heavy atom. The summed E-state index contributed by atoms with van der Waals surface area (Å²) in [5.41, 5.74) is 10.0. The first kappa shape index (κ1) is 39.2. The minimum absolute atomic E-state index is 0. The normalized spacial score (nSPS) is 11.9. The summed E-state index contributed by atoms with van der Waals surface area (Å²) in [5, 5.41) is 16.8. The molecule has 127 valence electrons. The van der Waals surface area contributed by atoms with Crippen molar-refractivity contribution in [2.75, 3.05) is 5.88 Å². The van der Waals surface area contributed by atoms with Crippen LogP contribution in [0.2, 0.25) is 17.0 Å². The van der Waals surface area contributed by atoms with Gasteiger partial charge in [-0.15, -0.1) is 24.0 Å². The van der Waals surface area contributed by atoms with E-state index >= 15 is 0 Å². The third kappa shape index (κ3) is 43.1. The fraction of sp³-hybridized carbons (Fsp3) is 0.667. The topological polar surface area (TPSA) is 127 Å². The van der Waals surface area contributed by atoms with Crippen LogP contribution in [0.4, 0.5) is 0 Å². The Morgan fingerprint density at radius 2 is 1.59 bits per heavy atom. The number of alkyl halides is 1. The molecule has 3 radical (unpaired) electrons. The van der Waals surface area contributed by atoms with E-state index in [-0.39, 0.29) is 56.3 Å². The van der Waals surface area contributed by atoms with E-state index in [1.165, 1.54) is 0 Å². The third-order valence-corrected chi connectivity index (χ3v) is 2.93. The first-order valence-electron chi connectivity index (χ1n) is 4.74. The molecule has 0 heterocycles. The maximum absolute atomic E-state index is 9.97. The van der Waals surface area contributed by atoms with E-state index in [0.717, 1.165) is 0 Å². The van der Waals surface area contributed by atoms with E-state index in [2.05, 4.69) is 25.3 Å². The van der Waals surface area contributed by atoms with Crippen LogP contribution in [0.1, 0.15) is 0 Å². The number of halogens is 2. The van der Waals surface area contributed by atoms with Crippen LogP contribution in [-0.2, 0) is 9.59 Å². The van der Waals surface area contributed by atoms with Crippen molar-refractivity contribution in [3.8, 4) is 0 Å². The van der Waals surface area contributed by atoms with Crippen LogP contribution in [-0.4, -0.2) is 88.7 Å². The van der Waals surface area contributed by atoms with Gasteiger partial charge in [-0.3, -0.25) is 4.79 Å². The van der Waals surface area contributed by atoms with Crippen LogP contribution in [0.5, 0.6) is 0 Å². The molecular weight excluding hydrogens is 542 g/mol. The number of nitrogens with two attached hydrogens (primary N) is 2. The molecule has 0 aromatic rings. The Morgan fingerprint density at radius 3 is 1.64 bits per heavy atom. The summed E-state index contributed by atoms with van der Waals surface area (Å²) in [5.74, 6) is 5.81. The van der Waals surface area contributed by atoms with Crippen LogP contribution in [0.3, 0.4) is 0 Å². The Hall–Kier alpha value is 2.06. The van der Waals surface area contributed by atoms with E-state index < -0.39 is 35.6 Å². The minimum atomic E-state index is -1.06. The minimum Gasteiger partial charge on any atom is 1.00 e. The fourth-order valence-electron chi connectivity index (χ4n) is 0.317. The number of rotatable bonds is 5. The average Bonchev–Trinajstić information content (AvgIpc) is 2.28. The second-order valence-electron chi connectivity index (χ2n) is 3.07. The number of carboxylic acid groups (broad SMARTS) is 2. The SMILES string of the molecule is C[Se]C[C@H](N)C(=O)O.Cl.N[C@@H](CCl)C(=O)O.[B].[CH2-][Se](C)=[Se].[Na+]. The summed E-state index contributed by atoms with van der Waals surface area (Å²) in [4.78, 5) is 19.7. The quantitative estimate of drug-likeness (QED) is 0.156. The molecular formula is C9H21BCl2N2NaO4Se3. The predicted molar refractivity (Wildman–Crippen MR) is 94.1 cm³/mol. The Bertz CT molecular complexity index is 294. The summed E-state index contributed by atoms with van der Waals surface area (Å²) in [6.45, 7) is 0. The maximum Gasteiger partial charge on any atom is 1.00 e. The molecule has 0 spiro atoms. The monoisotopic (exact) mass is 565 g/mol. The molecule has 0 saturated heterocycles. The van der Waals surface area contributed by atoms with Crippen LogP contribution in [0.15, 0.2) is 0 Å². The number of hydrogen-bond acceptors (Lipinski definition) is 4. The molecule has 22 heavy (non-hydrogen) atoms. The number of carbonyl (C=O) groups is 2. The summed E-state index contributed by atoms with van der Waals surface area (Å²) >= 11 is 7.91. The second kappa shape index (κ2) is 27.9. The zero-order valence-electron chi connectivity index (χ0n) is 12.7. The summed E-state index contributed by atoms with van der Waals surface area (Å²) in [6.07, 6.45) is 0. The molecule has 6 nitrogen and oxygen atoms in total. The van der Waals surface area contributed by atoms with Gasteiger partial charge in [0.05, 0.1) is 0 Å². The first-order chi connectivity index (χ1) is 8.59. The van der Waals surface area contributed by atoms with Crippen LogP contribution in [0, 0.1) is 5.82 Å². The van der Waals surface area contributed by atoms with E-state index in [4.69, 9.17) is 33.3 Å². The van der Waals surface area contributed by atoms with Gasteiger partial charge in [0.2, 0.25) is 0 Å². The van der Waals surface area contributed by atoms with Crippen LogP contribution >= 0.6 is 24.0 Å². The van der Waals surface area contributed by atoms with E-state index in [0.29, 0.717) is 20.3 Å². The van der Waals surface area contributed by atoms with E-state index in [1.54, 1.807) is 0 Å².